The van der Waals surface area contributed by atoms with E-state index in [9.17, 15) is 32.7 Å². The second-order valence-corrected chi connectivity index (χ2v) is 18.7. The van der Waals surface area contributed by atoms with Gasteiger partial charge in [0.25, 0.3) is 15.9 Å². The number of amidine groups is 1. The molecule has 3 heterocycles. The Balaban J connectivity index is 1.28. The van der Waals surface area contributed by atoms with Gasteiger partial charge in [-0.25, -0.2) is 13.4 Å². The average molecular weight is 828 g/mol. The number of carbonyl (C=O) groups is 4. The fraction of sp³-hybridized carbons (Fsp3) is 0.600. The molecule has 15 nitrogen and oxygen atoms in total. The second kappa shape index (κ2) is 17.7. The van der Waals surface area contributed by atoms with E-state index in [-0.39, 0.29) is 41.5 Å². The van der Waals surface area contributed by atoms with Crippen LogP contribution < -0.4 is 25.4 Å². The normalized spacial score (nSPS) is 23.4. The van der Waals surface area contributed by atoms with E-state index in [2.05, 4.69) is 25.7 Å². The molecule has 1 aromatic heterocycles. The molecule has 2 aliphatic carbocycles. The summed E-state index contributed by atoms with van der Waals surface area (Å²) >= 11 is 6.04. The molecule has 1 unspecified atom stereocenters. The Bertz CT molecular complexity index is 1950. The molecule has 2 aromatic rings. The van der Waals surface area contributed by atoms with Crippen LogP contribution in [0.5, 0.6) is 5.88 Å². The third-order valence-electron chi connectivity index (χ3n) is 11.0. The minimum Gasteiger partial charge on any atom is -0.472 e. The molecule has 310 valence electrons. The van der Waals surface area contributed by atoms with Crippen molar-refractivity contribution in [3.8, 4) is 5.88 Å². The topological polar surface area (TPSA) is 208 Å². The van der Waals surface area contributed by atoms with E-state index in [0.717, 1.165) is 32.1 Å². The lowest BCUT2D eigenvalue weighted by atomic mass is 9.82. The summed E-state index contributed by atoms with van der Waals surface area (Å²) < 4.78 is 34.6. The van der Waals surface area contributed by atoms with Crippen molar-refractivity contribution in [2.45, 2.75) is 139 Å². The Morgan fingerprint density at radius 1 is 1.04 bits per heavy atom. The summed E-state index contributed by atoms with van der Waals surface area (Å²) in [7, 11) is -3.87. The molecule has 0 bridgehead atoms. The van der Waals surface area contributed by atoms with Crippen molar-refractivity contribution in [1.82, 2.24) is 30.6 Å². The summed E-state index contributed by atoms with van der Waals surface area (Å²) in [4.78, 5) is 66.9. The molecule has 4 aliphatic rings. The molecule has 6 rings (SSSR count). The van der Waals surface area contributed by atoms with Crippen molar-refractivity contribution in [2.75, 3.05) is 6.54 Å². The number of fused-ring (bicyclic) bond motifs is 1. The van der Waals surface area contributed by atoms with Gasteiger partial charge in [-0.2, -0.15) is 0 Å². The van der Waals surface area contributed by atoms with E-state index in [1.54, 1.807) is 30.3 Å². The molecule has 0 radical (unpaired) electrons. The van der Waals surface area contributed by atoms with Gasteiger partial charge < -0.3 is 30.7 Å². The van der Waals surface area contributed by atoms with Crippen LogP contribution >= 0.6 is 11.6 Å². The van der Waals surface area contributed by atoms with Crippen molar-refractivity contribution in [3.05, 3.63) is 53.2 Å². The van der Waals surface area contributed by atoms with Gasteiger partial charge in [0.15, 0.2) is 6.10 Å². The van der Waals surface area contributed by atoms with Gasteiger partial charge in [-0.15, -0.1) is 0 Å². The Hall–Kier alpha value is -4.28. The summed E-state index contributed by atoms with van der Waals surface area (Å²) in [6.07, 6.45) is 6.03. The predicted octanol–water partition coefficient (Wildman–Crippen LogP) is 3.23. The van der Waals surface area contributed by atoms with Gasteiger partial charge in [-0.05, 0) is 61.6 Å². The predicted molar refractivity (Wildman–Crippen MR) is 213 cm³/mol. The van der Waals surface area contributed by atoms with Crippen LogP contribution in [0.2, 0.25) is 5.02 Å². The SMILES string of the molecule is CCC[C@H](NC(=O)[C@@H]1C[C@@H](Oc2ccc(Cl)cn2)CN1C(=O)[C@@H](NC(=O)[C@@H](N=C1NS(=O)(=O)c2ccccc21)C1CCCCC1)C(C)(C)C)C(O)C(=O)NC1CC1. The van der Waals surface area contributed by atoms with Crippen LogP contribution in [-0.4, -0.2) is 102 Å². The largest absolute Gasteiger partial charge is 0.472 e. The van der Waals surface area contributed by atoms with Crippen molar-refractivity contribution in [1.29, 1.82) is 0 Å². The second-order valence-electron chi connectivity index (χ2n) is 16.7. The minimum absolute atomic E-state index is 0.0133. The molecule has 57 heavy (non-hydrogen) atoms. The van der Waals surface area contributed by atoms with Crippen LogP contribution in [0, 0.1) is 11.3 Å². The monoisotopic (exact) mass is 827 g/mol. The average Bonchev–Trinajstić information content (AvgIpc) is 3.83. The van der Waals surface area contributed by atoms with Crippen molar-refractivity contribution >= 4 is 51.1 Å². The number of hydrogen-bond donors (Lipinski definition) is 5. The summed E-state index contributed by atoms with van der Waals surface area (Å²) in [5.74, 6) is -2.08. The molecule has 2 aliphatic heterocycles. The Labute approximate surface area is 339 Å². The molecule has 3 fully saturated rings. The number of rotatable bonds is 14. The number of halogens is 1. The number of aliphatic hydroxyl groups is 1. The van der Waals surface area contributed by atoms with Crippen LogP contribution in [0.4, 0.5) is 0 Å². The maximum Gasteiger partial charge on any atom is 0.263 e. The number of likely N-dealkylation sites (tertiary alicyclic amines) is 1. The standard InChI is InChI=1S/C40H54ClN7O8S/c1-5-11-28(33(49)38(52)43-25-17-18-25)44-36(50)29-20-26(56-31-19-16-24(41)21-42-31)22-48(29)39(53)34(40(2,3)4)46-37(51)32(23-12-7-6-8-13-23)45-35-27-14-9-10-15-30(27)57(54,55)47-35/h9-10,14-16,19,21,23,25-26,28-29,32-34,49H,5-8,11-13,17-18,20,22H2,1-4H3,(H,43,52)(H,44,50)(H,45,47)(H,46,51)/t26-,28+,29+,32+,33?,34-/m1/s1. The molecule has 4 amide bonds. The maximum absolute atomic E-state index is 14.9. The summed E-state index contributed by atoms with van der Waals surface area (Å²) in [6, 6.07) is 5.51. The Morgan fingerprint density at radius 3 is 2.40 bits per heavy atom. The van der Waals surface area contributed by atoms with E-state index in [0.29, 0.717) is 36.3 Å². The van der Waals surface area contributed by atoms with Gasteiger partial charge >= 0.3 is 0 Å². The van der Waals surface area contributed by atoms with Gasteiger partial charge in [0.1, 0.15) is 30.1 Å². The third kappa shape index (κ3) is 10.2. The van der Waals surface area contributed by atoms with Crippen molar-refractivity contribution in [2.24, 2.45) is 16.3 Å². The number of pyridine rings is 1. The van der Waals surface area contributed by atoms with Crippen LogP contribution in [0.3, 0.4) is 0 Å². The smallest absolute Gasteiger partial charge is 0.263 e. The van der Waals surface area contributed by atoms with Crippen LogP contribution in [0.1, 0.15) is 97.5 Å². The molecule has 1 aromatic carbocycles. The molecule has 2 saturated carbocycles. The molecular formula is C40H54ClN7O8S. The van der Waals surface area contributed by atoms with E-state index < -0.39 is 75.4 Å². The van der Waals surface area contributed by atoms with Gasteiger partial charge in [-0.3, -0.25) is 28.9 Å². The first kappa shape index (κ1) is 42.3. The lowest BCUT2D eigenvalue weighted by Crippen LogP contribution is -2.60. The fourth-order valence-corrected chi connectivity index (χ4v) is 9.16. The van der Waals surface area contributed by atoms with E-state index >= 15 is 0 Å². The number of amides is 4. The van der Waals surface area contributed by atoms with Crippen LogP contribution in [0.15, 0.2) is 52.5 Å². The summed E-state index contributed by atoms with van der Waals surface area (Å²) in [5, 5.41) is 20.1. The summed E-state index contributed by atoms with van der Waals surface area (Å²) in [6.45, 7) is 7.27. The quantitative estimate of drug-likeness (QED) is 0.189. The molecule has 0 spiro atoms. The number of nitrogens with one attached hydrogen (secondary N) is 4. The number of sulfonamides is 1. The molecule has 5 N–H and O–H groups in total. The first-order valence-electron chi connectivity index (χ1n) is 19.9. The number of benzene rings is 1. The third-order valence-corrected chi connectivity index (χ3v) is 12.7. The van der Waals surface area contributed by atoms with Gasteiger partial charge in [0, 0.05) is 30.3 Å². The first-order valence-corrected chi connectivity index (χ1v) is 21.8. The first-order chi connectivity index (χ1) is 27.0. The maximum atomic E-state index is 14.9. The lowest BCUT2D eigenvalue weighted by molar-refractivity contribution is -0.145. The minimum atomic E-state index is -3.87. The van der Waals surface area contributed by atoms with E-state index in [1.807, 2.05) is 27.7 Å². The van der Waals surface area contributed by atoms with E-state index in [4.69, 9.17) is 21.3 Å². The van der Waals surface area contributed by atoms with Crippen molar-refractivity contribution < 1.29 is 37.4 Å². The highest BCUT2D eigenvalue weighted by Crippen LogP contribution is 2.33. The number of carbonyl (C=O) groups excluding carboxylic acids is 4. The number of aliphatic hydroxyl groups excluding tert-OH is 1. The zero-order valence-corrected chi connectivity index (χ0v) is 34.4. The van der Waals surface area contributed by atoms with E-state index in [1.165, 1.54) is 17.2 Å². The Kier molecular flexibility index (Phi) is 13.1. The number of aromatic nitrogens is 1. The molecule has 6 atom stereocenters. The Morgan fingerprint density at radius 2 is 1.75 bits per heavy atom. The molecular weight excluding hydrogens is 774 g/mol. The van der Waals surface area contributed by atoms with Gasteiger partial charge in [0.05, 0.1) is 22.5 Å². The number of hydrogen-bond acceptors (Lipinski definition) is 10. The fourth-order valence-electron chi connectivity index (χ4n) is 7.81. The van der Waals surface area contributed by atoms with Gasteiger partial charge in [-0.1, -0.05) is 77.1 Å². The lowest BCUT2D eigenvalue weighted by Gasteiger charge is -2.37. The molecule has 17 heteroatoms. The van der Waals surface area contributed by atoms with Crippen molar-refractivity contribution in [3.63, 3.8) is 0 Å². The zero-order chi connectivity index (χ0) is 41.1. The highest BCUT2D eigenvalue weighted by Gasteiger charge is 2.47. The van der Waals surface area contributed by atoms with Gasteiger partial charge in [0.2, 0.25) is 23.6 Å². The molecule has 1 saturated heterocycles. The van der Waals surface area contributed by atoms with Crippen LogP contribution in [0.25, 0.3) is 0 Å². The highest BCUT2D eigenvalue weighted by atomic mass is 35.5. The number of aliphatic imine (C=N–C) groups is 1. The van der Waals surface area contributed by atoms with Crippen LogP contribution in [-0.2, 0) is 29.2 Å². The zero-order valence-electron chi connectivity index (χ0n) is 32.9. The number of ether oxygens (including phenoxy) is 1. The highest BCUT2D eigenvalue weighted by molar-refractivity contribution is 7.90. The summed E-state index contributed by atoms with van der Waals surface area (Å²) in [5.41, 5.74) is -0.490. The number of nitrogens with zero attached hydrogens (tertiary/aromatic N) is 3.